The van der Waals surface area contributed by atoms with E-state index in [0.717, 1.165) is 29.9 Å². The molecule has 1 saturated heterocycles. The number of carbonyl (C=O) groups is 1. The van der Waals surface area contributed by atoms with Gasteiger partial charge in [-0.1, -0.05) is 0 Å². The summed E-state index contributed by atoms with van der Waals surface area (Å²) in [6, 6.07) is 5.90. The largest absolute Gasteiger partial charge is 0.497 e. The van der Waals surface area contributed by atoms with Crippen LogP contribution in [0.2, 0.25) is 0 Å². The zero-order chi connectivity index (χ0) is 13.4. The summed E-state index contributed by atoms with van der Waals surface area (Å²) in [5.74, 6) is 1.45. The molecule has 2 fully saturated rings. The Labute approximate surface area is 112 Å². The van der Waals surface area contributed by atoms with Crippen molar-refractivity contribution in [1.29, 1.82) is 0 Å². The van der Waals surface area contributed by atoms with Gasteiger partial charge in [-0.3, -0.25) is 0 Å². The zero-order valence-electron chi connectivity index (χ0n) is 11.1. The maximum Gasteiger partial charge on any atom is 0.410 e. The van der Waals surface area contributed by atoms with E-state index in [1.807, 2.05) is 23.1 Å². The molecule has 1 aromatic carbocycles. The van der Waals surface area contributed by atoms with Crippen molar-refractivity contribution < 1.29 is 19.0 Å². The van der Waals surface area contributed by atoms with E-state index < -0.39 is 0 Å². The van der Waals surface area contributed by atoms with Crippen molar-refractivity contribution >= 4 is 6.09 Å². The van der Waals surface area contributed by atoms with Gasteiger partial charge in [0.05, 0.1) is 20.8 Å². The second-order valence-electron chi connectivity index (χ2n) is 4.86. The highest BCUT2D eigenvalue weighted by Gasteiger charge is 2.42. The topological polar surface area (TPSA) is 48.0 Å². The van der Waals surface area contributed by atoms with Crippen LogP contribution in [0.15, 0.2) is 18.2 Å². The van der Waals surface area contributed by atoms with Crippen LogP contribution in [0.5, 0.6) is 11.5 Å². The molecular weight excluding hydrogens is 246 g/mol. The summed E-state index contributed by atoms with van der Waals surface area (Å²) in [6.45, 7) is 0.590. The highest BCUT2D eigenvalue weighted by atomic mass is 16.6. The standard InChI is InChI=1S/C14H17NO4/c1-17-10-5-6-12(18-2)11(7-10)13-8-15(9-3-4-9)14(16)19-13/h5-7,9,13H,3-4,8H2,1-2H3. The first-order valence-corrected chi connectivity index (χ1v) is 6.42. The minimum Gasteiger partial charge on any atom is -0.497 e. The Morgan fingerprint density at radius 1 is 1.26 bits per heavy atom. The van der Waals surface area contributed by atoms with Gasteiger partial charge in [-0.2, -0.15) is 0 Å². The zero-order valence-corrected chi connectivity index (χ0v) is 11.1. The Bertz CT molecular complexity index is 498. The third kappa shape index (κ3) is 2.20. The lowest BCUT2D eigenvalue weighted by molar-refractivity contribution is 0.131. The van der Waals surface area contributed by atoms with Gasteiger partial charge in [0, 0.05) is 11.6 Å². The number of rotatable bonds is 4. The first-order chi connectivity index (χ1) is 9.22. The molecule has 1 aromatic rings. The van der Waals surface area contributed by atoms with E-state index in [4.69, 9.17) is 14.2 Å². The third-order valence-electron chi connectivity index (χ3n) is 3.61. The van der Waals surface area contributed by atoms with E-state index in [2.05, 4.69) is 0 Å². The Morgan fingerprint density at radius 3 is 2.68 bits per heavy atom. The number of benzene rings is 1. The highest BCUT2D eigenvalue weighted by molar-refractivity contribution is 5.71. The molecule has 5 heteroatoms. The van der Waals surface area contributed by atoms with Crippen LogP contribution in [0.4, 0.5) is 4.79 Å². The average molecular weight is 263 g/mol. The van der Waals surface area contributed by atoms with Gasteiger partial charge >= 0.3 is 6.09 Å². The van der Waals surface area contributed by atoms with Crippen LogP contribution in [0, 0.1) is 0 Å². The molecule has 1 saturated carbocycles. The average Bonchev–Trinajstić information content (AvgIpc) is 3.21. The number of methoxy groups -OCH3 is 2. The summed E-state index contributed by atoms with van der Waals surface area (Å²) >= 11 is 0. The van der Waals surface area contributed by atoms with Gasteiger partial charge in [0.2, 0.25) is 0 Å². The second-order valence-corrected chi connectivity index (χ2v) is 4.86. The van der Waals surface area contributed by atoms with E-state index in [1.165, 1.54) is 0 Å². The van der Waals surface area contributed by atoms with Gasteiger partial charge in [0.1, 0.15) is 11.5 Å². The van der Waals surface area contributed by atoms with E-state index in [-0.39, 0.29) is 12.2 Å². The third-order valence-corrected chi connectivity index (χ3v) is 3.61. The Kier molecular flexibility index (Phi) is 2.97. The fourth-order valence-electron chi connectivity index (χ4n) is 2.42. The summed E-state index contributed by atoms with van der Waals surface area (Å²) < 4.78 is 16.0. The minimum atomic E-state index is -0.279. The SMILES string of the molecule is COc1ccc(OC)c(C2CN(C3CC3)C(=O)O2)c1. The molecule has 102 valence electrons. The van der Waals surface area contributed by atoms with Gasteiger partial charge in [-0.05, 0) is 31.0 Å². The second kappa shape index (κ2) is 4.64. The molecular formula is C14H17NO4. The Morgan fingerprint density at radius 2 is 2.05 bits per heavy atom. The number of nitrogens with zero attached hydrogens (tertiary/aromatic N) is 1. The molecule has 1 aliphatic heterocycles. The molecule has 1 aliphatic carbocycles. The summed E-state index contributed by atoms with van der Waals surface area (Å²) in [7, 11) is 3.23. The molecule has 0 radical (unpaired) electrons. The highest BCUT2D eigenvalue weighted by Crippen LogP contribution is 2.39. The van der Waals surface area contributed by atoms with Crippen LogP contribution in [-0.4, -0.2) is 37.8 Å². The van der Waals surface area contributed by atoms with Crippen molar-refractivity contribution in [2.75, 3.05) is 20.8 Å². The molecule has 0 aromatic heterocycles. The number of carbonyl (C=O) groups excluding carboxylic acids is 1. The van der Waals surface area contributed by atoms with Crippen LogP contribution in [0.25, 0.3) is 0 Å². The lowest BCUT2D eigenvalue weighted by Gasteiger charge is -2.15. The normalized spacial score (nSPS) is 22.3. The minimum absolute atomic E-state index is 0.225. The molecule has 5 nitrogen and oxygen atoms in total. The van der Waals surface area contributed by atoms with Crippen LogP contribution >= 0.6 is 0 Å². The van der Waals surface area contributed by atoms with E-state index in [1.54, 1.807) is 14.2 Å². The summed E-state index contributed by atoms with van der Waals surface area (Å²) in [5, 5.41) is 0. The molecule has 19 heavy (non-hydrogen) atoms. The summed E-state index contributed by atoms with van der Waals surface area (Å²) in [6.07, 6.45) is 1.66. The molecule has 1 atom stereocenters. The molecule has 1 unspecified atom stereocenters. The lowest BCUT2D eigenvalue weighted by atomic mass is 10.1. The van der Waals surface area contributed by atoms with Gasteiger partial charge in [-0.15, -0.1) is 0 Å². The van der Waals surface area contributed by atoms with Crippen molar-refractivity contribution in [1.82, 2.24) is 4.90 Å². The smallest absolute Gasteiger partial charge is 0.410 e. The molecule has 0 spiro atoms. The monoisotopic (exact) mass is 263 g/mol. The predicted molar refractivity (Wildman–Crippen MR) is 68.5 cm³/mol. The molecule has 0 N–H and O–H groups in total. The number of hydrogen-bond donors (Lipinski definition) is 0. The first-order valence-electron chi connectivity index (χ1n) is 6.42. The molecule has 3 rings (SSSR count). The fraction of sp³-hybridized carbons (Fsp3) is 0.500. The number of amides is 1. The molecule has 1 amide bonds. The lowest BCUT2D eigenvalue weighted by Crippen LogP contribution is -2.26. The fourth-order valence-corrected chi connectivity index (χ4v) is 2.42. The van der Waals surface area contributed by atoms with Gasteiger partial charge in [0.25, 0.3) is 0 Å². The molecule has 1 heterocycles. The van der Waals surface area contributed by atoms with Crippen LogP contribution in [-0.2, 0) is 4.74 Å². The van der Waals surface area contributed by atoms with Crippen LogP contribution in [0.3, 0.4) is 0 Å². The first kappa shape index (κ1) is 12.1. The maximum absolute atomic E-state index is 11.8. The molecule has 2 aliphatic rings. The maximum atomic E-state index is 11.8. The van der Waals surface area contributed by atoms with Crippen molar-refractivity contribution in [2.45, 2.75) is 25.0 Å². The summed E-state index contributed by atoms with van der Waals surface area (Å²) in [5.41, 5.74) is 0.860. The predicted octanol–water partition coefficient (Wildman–Crippen LogP) is 2.36. The van der Waals surface area contributed by atoms with E-state index in [0.29, 0.717) is 12.6 Å². The van der Waals surface area contributed by atoms with Crippen molar-refractivity contribution in [3.8, 4) is 11.5 Å². The quantitative estimate of drug-likeness (QED) is 0.836. The number of cyclic esters (lactones) is 1. The van der Waals surface area contributed by atoms with Gasteiger partial charge in [0.15, 0.2) is 6.10 Å². The van der Waals surface area contributed by atoms with Gasteiger partial charge < -0.3 is 19.1 Å². The summed E-state index contributed by atoms with van der Waals surface area (Å²) in [4.78, 5) is 13.6. The van der Waals surface area contributed by atoms with Crippen molar-refractivity contribution in [3.63, 3.8) is 0 Å². The van der Waals surface area contributed by atoms with E-state index in [9.17, 15) is 4.79 Å². The van der Waals surface area contributed by atoms with E-state index >= 15 is 0 Å². The Balaban J connectivity index is 1.87. The van der Waals surface area contributed by atoms with Crippen molar-refractivity contribution in [3.05, 3.63) is 23.8 Å². The molecule has 0 bridgehead atoms. The number of ether oxygens (including phenoxy) is 3. The van der Waals surface area contributed by atoms with Gasteiger partial charge in [-0.25, -0.2) is 4.79 Å². The number of hydrogen-bond acceptors (Lipinski definition) is 4. The van der Waals surface area contributed by atoms with Crippen LogP contribution in [0.1, 0.15) is 24.5 Å². The Hall–Kier alpha value is -1.91. The van der Waals surface area contributed by atoms with Crippen LogP contribution < -0.4 is 9.47 Å². The van der Waals surface area contributed by atoms with Crippen molar-refractivity contribution in [2.24, 2.45) is 0 Å².